The van der Waals surface area contributed by atoms with Crippen molar-refractivity contribution in [1.82, 2.24) is 15.1 Å². The van der Waals surface area contributed by atoms with E-state index in [1.54, 1.807) is 20.9 Å². The minimum absolute atomic E-state index is 0. The van der Waals surface area contributed by atoms with Crippen LogP contribution in [-0.2, 0) is 9.84 Å². The van der Waals surface area contributed by atoms with Gasteiger partial charge in [0.2, 0.25) is 0 Å². The molecule has 0 aliphatic carbocycles. The lowest BCUT2D eigenvalue weighted by Gasteiger charge is -2.39. The molecule has 148 valence electrons. The van der Waals surface area contributed by atoms with E-state index in [-0.39, 0.29) is 29.7 Å². The predicted octanol–water partition coefficient (Wildman–Crippen LogP) is 1.95. The first-order valence-electron chi connectivity index (χ1n) is 9.19. The van der Waals surface area contributed by atoms with Gasteiger partial charge in [0.25, 0.3) is 0 Å². The van der Waals surface area contributed by atoms with Gasteiger partial charge in [-0.05, 0) is 46.6 Å². The maximum atomic E-state index is 12.1. The molecule has 2 rings (SSSR count). The quantitative estimate of drug-likeness (QED) is 0.285. The maximum absolute atomic E-state index is 12.1. The van der Waals surface area contributed by atoms with Gasteiger partial charge in [0, 0.05) is 39.3 Å². The zero-order chi connectivity index (χ0) is 17.8. The fourth-order valence-electron chi connectivity index (χ4n) is 3.63. The highest BCUT2D eigenvalue weighted by molar-refractivity contribution is 14.0. The van der Waals surface area contributed by atoms with Gasteiger partial charge in [-0.25, -0.2) is 8.42 Å². The number of hydrogen-bond donors (Lipinski definition) is 1. The highest BCUT2D eigenvalue weighted by Gasteiger charge is 2.40. The first-order chi connectivity index (χ1) is 11.3. The van der Waals surface area contributed by atoms with E-state index >= 15 is 0 Å². The topological polar surface area (TPSA) is 65.0 Å². The van der Waals surface area contributed by atoms with Crippen LogP contribution < -0.4 is 5.32 Å². The Morgan fingerprint density at radius 2 is 2.00 bits per heavy atom. The summed E-state index contributed by atoms with van der Waals surface area (Å²) in [7, 11) is -1.24. The first-order valence-corrected chi connectivity index (χ1v) is 10.8. The molecule has 6 nitrogen and oxygen atoms in total. The average Bonchev–Trinajstić information content (AvgIpc) is 2.52. The van der Waals surface area contributed by atoms with Gasteiger partial charge in [-0.15, -0.1) is 24.0 Å². The number of guanidine groups is 1. The molecule has 0 aromatic carbocycles. The van der Waals surface area contributed by atoms with Gasteiger partial charge in [0.1, 0.15) is 0 Å². The molecule has 1 unspecified atom stereocenters. The first kappa shape index (κ1) is 23.0. The van der Waals surface area contributed by atoms with Crippen molar-refractivity contribution in [2.75, 3.05) is 45.5 Å². The van der Waals surface area contributed by atoms with E-state index in [2.05, 4.69) is 27.0 Å². The molecule has 2 aliphatic heterocycles. The summed E-state index contributed by atoms with van der Waals surface area (Å²) in [6.07, 6.45) is 5.07. The third-order valence-electron chi connectivity index (χ3n) is 5.40. The maximum Gasteiger partial charge on any atom is 0.193 e. The second kappa shape index (κ2) is 9.73. The summed E-state index contributed by atoms with van der Waals surface area (Å²) < 4.78 is 23.6. The van der Waals surface area contributed by atoms with Crippen LogP contribution in [0.5, 0.6) is 0 Å². The van der Waals surface area contributed by atoms with E-state index in [0.29, 0.717) is 19.1 Å². The predicted molar refractivity (Wildman–Crippen MR) is 116 cm³/mol. The van der Waals surface area contributed by atoms with Crippen LogP contribution >= 0.6 is 24.0 Å². The molecular weight excluding hydrogens is 451 g/mol. The number of nitrogens with one attached hydrogen (secondary N) is 1. The molecule has 0 radical (unpaired) electrons. The molecular formula is C17H35IN4O2S. The SMILES string of the molecule is CN=C(NCCCN1CCCCC1C)N1CCS(=O)(=O)C(C)(C)C1.I. The van der Waals surface area contributed by atoms with Crippen LogP contribution in [0.15, 0.2) is 4.99 Å². The lowest BCUT2D eigenvalue weighted by atomic mass is 10.0. The van der Waals surface area contributed by atoms with Crippen molar-refractivity contribution in [2.24, 2.45) is 4.99 Å². The zero-order valence-corrected chi connectivity index (χ0v) is 19.3. The van der Waals surface area contributed by atoms with E-state index in [0.717, 1.165) is 25.5 Å². The standard InChI is InChI=1S/C17H34N4O2S.HI/c1-15-8-5-6-10-20(15)11-7-9-19-16(18-4)21-12-13-24(22,23)17(2,3)14-21;/h15H,5-14H2,1-4H3,(H,18,19);1H. The molecule has 0 aromatic rings. The Morgan fingerprint density at radius 1 is 1.28 bits per heavy atom. The van der Waals surface area contributed by atoms with Gasteiger partial charge < -0.3 is 15.1 Å². The van der Waals surface area contributed by atoms with Crippen molar-refractivity contribution in [1.29, 1.82) is 0 Å². The molecule has 2 saturated heterocycles. The highest BCUT2D eigenvalue weighted by Crippen LogP contribution is 2.23. The molecule has 0 saturated carbocycles. The number of rotatable bonds is 4. The monoisotopic (exact) mass is 486 g/mol. The smallest absolute Gasteiger partial charge is 0.193 e. The summed E-state index contributed by atoms with van der Waals surface area (Å²) in [5.74, 6) is 1.02. The molecule has 2 aliphatic rings. The van der Waals surface area contributed by atoms with Crippen LogP contribution in [0.2, 0.25) is 0 Å². The molecule has 25 heavy (non-hydrogen) atoms. The van der Waals surface area contributed by atoms with Gasteiger partial charge in [-0.1, -0.05) is 6.42 Å². The molecule has 0 aromatic heterocycles. The number of likely N-dealkylation sites (tertiary alicyclic amines) is 1. The highest BCUT2D eigenvalue weighted by atomic mass is 127. The number of sulfone groups is 1. The third kappa shape index (κ3) is 5.95. The van der Waals surface area contributed by atoms with Crippen molar-refractivity contribution >= 4 is 39.8 Å². The van der Waals surface area contributed by atoms with Crippen LogP contribution in [0, 0.1) is 0 Å². The Kier molecular flexibility index (Phi) is 8.93. The normalized spacial score (nSPS) is 26.8. The summed E-state index contributed by atoms with van der Waals surface area (Å²) in [6, 6.07) is 0.700. The van der Waals surface area contributed by atoms with E-state index in [1.807, 2.05) is 0 Å². The summed E-state index contributed by atoms with van der Waals surface area (Å²) in [4.78, 5) is 9.00. The van der Waals surface area contributed by atoms with Crippen LogP contribution in [0.4, 0.5) is 0 Å². The lowest BCUT2D eigenvalue weighted by Crippen LogP contribution is -2.57. The van der Waals surface area contributed by atoms with Crippen LogP contribution in [0.3, 0.4) is 0 Å². The second-order valence-electron chi connectivity index (χ2n) is 7.71. The largest absolute Gasteiger partial charge is 0.356 e. The molecule has 2 heterocycles. The van der Waals surface area contributed by atoms with Gasteiger partial charge in [0.15, 0.2) is 15.8 Å². The third-order valence-corrected chi connectivity index (χ3v) is 7.93. The van der Waals surface area contributed by atoms with Crippen LogP contribution in [0.1, 0.15) is 46.5 Å². The summed E-state index contributed by atoms with van der Waals surface area (Å²) in [5, 5.41) is 3.41. The summed E-state index contributed by atoms with van der Waals surface area (Å²) in [6.45, 7) is 10.2. The molecule has 1 atom stereocenters. The Bertz CT molecular complexity index is 551. The number of hydrogen-bond acceptors (Lipinski definition) is 4. The fourth-order valence-corrected chi connectivity index (χ4v) is 4.99. The fraction of sp³-hybridized carbons (Fsp3) is 0.941. The molecule has 0 spiro atoms. The van der Waals surface area contributed by atoms with Gasteiger partial charge in [-0.2, -0.15) is 0 Å². The number of halogens is 1. The van der Waals surface area contributed by atoms with Crippen molar-refractivity contribution in [2.45, 2.75) is 57.2 Å². The van der Waals surface area contributed by atoms with E-state index in [9.17, 15) is 8.42 Å². The molecule has 2 fully saturated rings. The number of piperidine rings is 1. The molecule has 8 heteroatoms. The van der Waals surface area contributed by atoms with Crippen molar-refractivity contribution < 1.29 is 8.42 Å². The molecule has 0 amide bonds. The summed E-state index contributed by atoms with van der Waals surface area (Å²) >= 11 is 0. The van der Waals surface area contributed by atoms with Gasteiger partial charge in [0.05, 0.1) is 10.5 Å². The Balaban J connectivity index is 0.00000312. The van der Waals surface area contributed by atoms with Gasteiger partial charge >= 0.3 is 0 Å². The van der Waals surface area contributed by atoms with Crippen LogP contribution in [0.25, 0.3) is 0 Å². The number of aliphatic imine (C=N–C) groups is 1. The van der Waals surface area contributed by atoms with Crippen molar-refractivity contribution in [3.63, 3.8) is 0 Å². The Labute approximate surface area is 170 Å². The van der Waals surface area contributed by atoms with Gasteiger partial charge in [-0.3, -0.25) is 4.99 Å². The van der Waals surface area contributed by atoms with Crippen molar-refractivity contribution in [3.05, 3.63) is 0 Å². The zero-order valence-electron chi connectivity index (χ0n) is 16.1. The minimum Gasteiger partial charge on any atom is -0.356 e. The summed E-state index contributed by atoms with van der Waals surface area (Å²) in [5.41, 5.74) is 0. The lowest BCUT2D eigenvalue weighted by molar-refractivity contribution is 0.159. The average molecular weight is 486 g/mol. The second-order valence-corrected chi connectivity index (χ2v) is 10.5. The Hall–Kier alpha value is -0.0900. The van der Waals surface area contributed by atoms with Crippen LogP contribution in [-0.4, -0.2) is 80.5 Å². The van der Waals surface area contributed by atoms with E-state index < -0.39 is 14.6 Å². The Morgan fingerprint density at radius 3 is 2.60 bits per heavy atom. The van der Waals surface area contributed by atoms with E-state index in [4.69, 9.17) is 0 Å². The van der Waals surface area contributed by atoms with Crippen molar-refractivity contribution in [3.8, 4) is 0 Å². The minimum atomic E-state index is -3.01. The molecule has 0 bridgehead atoms. The number of nitrogens with zero attached hydrogens (tertiary/aromatic N) is 3. The van der Waals surface area contributed by atoms with E-state index in [1.165, 1.54) is 25.8 Å². The molecule has 1 N–H and O–H groups in total.